The van der Waals surface area contributed by atoms with Gasteiger partial charge in [0.1, 0.15) is 11.5 Å². The topological polar surface area (TPSA) is 66.4 Å². The number of nitrogens with one attached hydrogen (secondary N) is 1. The fraction of sp³-hybridized carbons (Fsp3) is 0.125. The van der Waals surface area contributed by atoms with Gasteiger partial charge in [0.2, 0.25) is 0 Å². The fourth-order valence-electron chi connectivity index (χ4n) is 1.83. The quantitative estimate of drug-likeness (QED) is 0.854. The van der Waals surface area contributed by atoms with E-state index >= 15 is 0 Å². The minimum atomic E-state index is -3.73. The Labute approximate surface area is 124 Å². The molecule has 0 aromatic heterocycles. The van der Waals surface area contributed by atoms with Crippen LogP contribution in [-0.2, 0) is 10.0 Å². The zero-order valence-electron chi connectivity index (χ0n) is 11.5. The summed E-state index contributed by atoms with van der Waals surface area (Å²) in [6.07, 6.45) is 0. The van der Waals surface area contributed by atoms with Gasteiger partial charge in [0.15, 0.2) is 0 Å². The first-order valence-corrected chi connectivity index (χ1v) is 7.79. The maximum Gasteiger partial charge on any atom is 0.263 e. The standard InChI is InChI=1S/C16H15NO3S/c1-13-9-10-16(14(12-13)6-5-11-18)21(19,20)17-15-7-3-2-4-8-15/h2-4,7-10,12,17-18H,11H2,1H3. The number of hydrogen-bond acceptors (Lipinski definition) is 3. The smallest absolute Gasteiger partial charge is 0.263 e. The van der Waals surface area contributed by atoms with Crippen LogP contribution in [0.4, 0.5) is 5.69 Å². The maximum atomic E-state index is 12.5. The first kappa shape index (κ1) is 15.1. The molecular weight excluding hydrogens is 286 g/mol. The summed E-state index contributed by atoms with van der Waals surface area (Å²) in [6.45, 7) is 1.53. The largest absolute Gasteiger partial charge is 0.384 e. The minimum absolute atomic E-state index is 0.0953. The van der Waals surface area contributed by atoms with E-state index < -0.39 is 10.0 Å². The second kappa shape index (κ2) is 6.44. The SMILES string of the molecule is Cc1ccc(S(=O)(=O)Nc2ccccc2)c(C#CCO)c1. The number of aryl methyl sites for hydroxylation is 1. The molecule has 0 spiro atoms. The molecule has 2 rings (SSSR count). The molecule has 0 radical (unpaired) electrons. The van der Waals surface area contributed by atoms with Crippen molar-refractivity contribution in [3.8, 4) is 11.8 Å². The Kier molecular flexibility index (Phi) is 4.63. The first-order valence-electron chi connectivity index (χ1n) is 6.31. The monoisotopic (exact) mass is 301 g/mol. The van der Waals surface area contributed by atoms with Crippen LogP contribution in [0.2, 0.25) is 0 Å². The Morgan fingerprint density at radius 2 is 1.86 bits per heavy atom. The number of benzene rings is 2. The summed E-state index contributed by atoms with van der Waals surface area (Å²) in [5.74, 6) is 5.16. The lowest BCUT2D eigenvalue weighted by Crippen LogP contribution is -2.14. The van der Waals surface area contributed by atoms with E-state index in [1.54, 1.807) is 36.4 Å². The third kappa shape index (κ3) is 3.85. The number of anilines is 1. The van der Waals surface area contributed by atoms with Crippen molar-refractivity contribution in [1.82, 2.24) is 0 Å². The number of sulfonamides is 1. The highest BCUT2D eigenvalue weighted by atomic mass is 32.2. The van der Waals surface area contributed by atoms with Crippen molar-refractivity contribution in [1.29, 1.82) is 0 Å². The zero-order chi connectivity index (χ0) is 15.3. The van der Waals surface area contributed by atoms with Crippen molar-refractivity contribution in [3.63, 3.8) is 0 Å². The van der Waals surface area contributed by atoms with Crippen molar-refractivity contribution < 1.29 is 13.5 Å². The van der Waals surface area contributed by atoms with Gasteiger partial charge in [-0.3, -0.25) is 4.72 Å². The van der Waals surface area contributed by atoms with Crippen molar-refractivity contribution in [2.24, 2.45) is 0 Å². The molecule has 0 saturated heterocycles. The lowest BCUT2D eigenvalue weighted by atomic mass is 10.1. The van der Waals surface area contributed by atoms with Gasteiger partial charge in [-0.1, -0.05) is 36.1 Å². The molecule has 0 aliphatic carbocycles. The summed E-state index contributed by atoms with van der Waals surface area (Å²) in [5, 5.41) is 8.79. The van der Waals surface area contributed by atoms with Crippen LogP contribution in [0.25, 0.3) is 0 Å². The third-order valence-corrected chi connectivity index (χ3v) is 4.19. The van der Waals surface area contributed by atoms with E-state index in [4.69, 9.17) is 5.11 Å². The van der Waals surface area contributed by atoms with Crippen molar-refractivity contribution in [2.45, 2.75) is 11.8 Å². The molecule has 0 unspecified atom stereocenters. The van der Waals surface area contributed by atoms with Gasteiger partial charge in [-0.15, -0.1) is 0 Å². The van der Waals surface area contributed by atoms with Crippen molar-refractivity contribution >= 4 is 15.7 Å². The van der Waals surface area contributed by atoms with Crippen LogP contribution in [-0.4, -0.2) is 20.1 Å². The van der Waals surface area contributed by atoms with E-state index in [0.29, 0.717) is 11.3 Å². The molecule has 0 atom stereocenters. The van der Waals surface area contributed by atoms with E-state index in [-0.39, 0.29) is 11.5 Å². The molecule has 0 heterocycles. The molecule has 4 nitrogen and oxygen atoms in total. The number of para-hydroxylation sites is 1. The molecular formula is C16H15NO3S. The number of rotatable bonds is 3. The van der Waals surface area contributed by atoms with Crippen LogP contribution >= 0.6 is 0 Å². The van der Waals surface area contributed by atoms with E-state index in [9.17, 15) is 8.42 Å². The van der Waals surface area contributed by atoms with Gasteiger partial charge in [-0.2, -0.15) is 0 Å². The first-order chi connectivity index (χ1) is 10.0. The molecule has 2 aromatic carbocycles. The van der Waals surface area contributed by atoms with Crippen LogP contribution < -0.4 is 4.72 Å². The normalized spacial score (nSPS) is 10.6. The highest BCUT2D eigenvalue weighted by Crippen LogP contribution is 2.20. The molecule has 2 N–H and O–H groups in total. The van der Waals surface area contributed by atoms with Crippen LogP contribution in [0.5, 0.6) is 0 Å². The molecule has 5 heteroatoms. The zero-order valence-corrected chi connectivity index (χ0v) is 12.3. The lowest BCUT2D eigenvalue weighted by molar-refractivity contribution is 0.350. The third-order valence-electron chi connectivity index (χ3n) is 2.75. The Hall–Kier alpha value is -2.29. The van der Waals surface area contributed by atoms with Crippen molar-refractivity contribution in [2.75, 3.05) is 11.3 Å². The van der Waals surface area contributed by atoms with Crippen LogP contribution in [0.15, 0.2) is 53.4 Å². The van der Waals surface area contributed by atoms with Gasteiger partial charge >= 0.3 is 0 Å². The molecule has 2 aromatic rings. The van der Waals surface area contributed by atoms with Gasteiger partial charge < -0.3 is 5.11 Å². The average molecular weight is 301 g/mol. The van der Waals surface area contributed by atoms with Crippen LogP contribution in [0.3, 0.4) is 0 Å². The summed E-state index contributed by atoms with van der Waals surface area (Å²) < 4.78 is 27.4. The van der Waals surface area contributed by atoms with Gasteiger partial charge in [-0.05, 0) is 36.8 Å². The van der Waals surface area contributed by atoms with E-state index in [0.717, 1.165) is 5.56 Å². The summed E-state index contributed by atoms with van der Waals surface area (Å²) >= 11 is 0. The molecule has 21 heavy (non-hydrogen) atoms. The average Bonchev–Trinajstić information content (AvgIpc) is 2.45. The summed E-state index contributed by atoms with van der Waals surface area (Å²) in [6, 6.07) is 13.6. The minimum Gasteiger partial charge on any atom is -0.384 e. The summed E-state index contributed by atoms with van der Waals surface area (Å²) in [5.41, 5.74) is 1.75. The highest BCUT2D eigenvalue weighted by molar-refractivity contribution is 7.92. The molecule has 108 valence electrons. The van der Waals surface area contributed by atoms with Crippen LogP contribution in [0, 0.1) is 18.8 Å². The Balaban J connectivity index is 2.45. The Morgan fingerprint density at radius 3 is 2.52 bits per heavy atom. The molecule has 0 amide bonds. The maximum absolute atomic E-state index is 12.5. The highest BCUT2D eigenvalue weighted by Gasteiger charge is 2.17. The van der Waals surface area contributed by atoms with Gasteiger partial charge in [0.25, 0.3) is 10.0 Å². The van der Waals surface area contributed by atoms with Gasteiger partial charge in [0, 0.05) is 11.3 Å². The number of hydrogen-bond donors (Lipinski definition) is 2. The molecule has 0 aliphatic rings. The van der Waals surface area contributed by atoms with E-state index in [1.807, 2.05) is 13.0 Å². The lowest BCUT2D eigenvalue weighted by Gasteiger charge is -2.10. The van der Waals surface area contributed by atoms with Crippen molar-refractivity contribution in [3.05, 3.63) is 59.7 Å². The summed E-state index contributed by atoms with van der Waals surface area (Å²) in [4.78, 5) is 0.0953. The fourth-order valence-corrected chi connectivity index (χ4v) is 3.03. The van der Waals surface area contributed by atoms with E-state index in [1.165, 1.54) is 6.07 Å². The number of aliphatic hydroxyl groups excluding tert-OH is 1. The van der Waals surface area contributed by atoms with Gasteiger partial charge in [0.05, 0.1) is 0 Å². The van der Waals surface area contributed by atoms with Crippen LogP contribution in [0.1, 0.15) is 11.1 Å². The molecule has 0 fully saturated rings. The second-order valence-corrected chi connectivity index (χ2v) is 6.08. The Morgan fingerprint density at radius 1 is 1.14 bits per heavy atom. The van der Waals surface area contributed by atoms with E-state index in [2.05, 4.69) is 16.6 Å². The van der Waals surface area contributed by atoms with Gasteiger partial charge in [-0.25, -0.2) is 8.42 Å². The molecule has 0 aliphatic heterocycles. The Bertz CT molecular complexity index is 787. The number of aliphatic hydroxyl groups is 1. The summed E-state index contributed by atoms with van der Waals surface area (Å²) in [7, 11) is -3.73. The predicted molar refractivity (Wildman–Crippen MR) is 82.4 cm³/mol. The molecule has 0 bridgehead atoms. The molecule has 0 saturated carbocycles. The predicted octanol–water partition coefficient (Wildman–Crippen LogP) is 2.14. The second-order valence-electron chi connectivity index (χ2n) is 4.43.